The molecule has 0 bridgehead atoms. The van der Waals surface area contributed by atoms with E-state index in [0.717, 1.165) is 6.07 Å². The van der Waals surface area contributed by atoms with E-state index in [1.54, 1.807) is 6.92 Å². The normalized spacial score (nSPS) is 9.67. The minimum absolute atomic E-state index is 0.149. The summed E-state index contributed by atoms with van der Waals surface area (Å²) in [4.78, 5) is 32.6. The number of benzene rings is 1. The third-order valence-electron chi connectivity index (χ3n) is 2.04. The number of nitrogens with one attached hydrogen (secondary N) is 2. The van der Waals surface area contributed by atoms with Crippen LogP contribution in [-0.4, -0.2) is 16.7 Å². The number of amides is 2. The topological polar surface area (TPSA) is 101 Å². The minimum Gasteiger partial charge on any atom is -0.273 e. The van der Waals surface area contributed by atoms with Crippen molar-refractivity contribution in [3.8, 4) is 0 Å². The summed E-state index contributed by atoms with van der Waals surface area (Å²) in [5, 5.41) is 10.9. The lowest BCUT2D eigenvalue weighted by atomic mass is 10.2. The maximum absolute atomic E-state index is 11.6. The number of nitro groups is 1. The Kier molecular flexibility index (Phi) is 4.61. The molecule has 0 radical (unpaired) electrons. The molecule has 8 heteroatoms. The Morgan fingerprint density at radius 3 is 2.61 bits per heavy atom. The fraction of sp³-hybridized carbons (Fsp3) is 0.200. The molecule has 0 saturated carbocycles. The summed E-state index contributed by atoms with van der Waals surface area (Å²) in [6.45, 7) is 1.60. The maximum atomic E-state index is 11.6. The zero-order chi connectivity index (χ0) is 13.7. The van der Waals surface area contributed by atoms with E-state index in [1.165, 1.54) is 12.1 Å². The highest BCUT2D eigenvalue weighted by molar-refractivity contribution is 6.31. The second-order valence-corrected chi connectivity index (χ2v) is 3.71. The third kappa shape index (κ3) is 3.42. The third-order valence-corrected chi connectivity index (χ3v) is 2.27. The lowest BCUT2D eigenvalue weighted by molar-refractivity contribution is -0.385. The standard InChI is InChI=1S/C10H10ClN3O4/c1-2-9(15)12-13-10(16)7-4-3-6(11)5-8(7)14(17)18/h3-5H,2H2,1H3,(H,12,15)(H,13,16). The van der Waals surface area contributed by atoms with E-state index in [2.05, 4.69) is 10.9 Å². The highest BCUT2D eigenvalue weighted by Crippen LogP contribution is 2.22. The average molecular weight is 272 g/mol. The summed E-state index contributed by atoms with van der Waals surface area (Å²) in [6.07, 6.45) is 0.184. The molecule has 0 aliphatic carbocycles. The van der Waals surface area contributed by atoms with Crippen molar-refractivity contribution in [2.45, 2.75) is 13.3 Å². The van der Waals surface area contributed by atoms with Gasteiger partial charge in [-0.1, -0.05) is 18.5 Å². The van der Waals surface area contributed by atoms with E-state index in [4.69, 9.17) is 11.6 Å². The molecule has 7 nitrogen and oxygen atoms in total. The van der Waals surface area contributed by atoms with Crippen molar-refractivity contribution in [2.75, 3.05) is 0 Å². The first-order valence-electron chi connectivity index (χ1n) is 4.98. The summed E-state index contributed by atoms with van der Waals surface area (Å²) >= 11 is 5.61. The van der Waals surface area contributed by atoms with Crippen LogP contribution in [0.5, 0.6) is 0 Å². The monoisotopic (exact) mass is 271 g/mol. The predicted molar refractivity (Wildman–Crippen MR) is 64.0 cm³/mol. The number of carbonyl (C=O) groups excluding carboxylic acids is 2. The fourth-order valence-electron chi connectivity index (χ4n) is 1.13. The van der Waals surface area contributed by atoms with Crippen LogP contribution in [0, 0.1) is 10.1 Å². The summed E-state index contributed by atoms with van der Waals surface area (Å²) < 4.78 is 0. The van der Waals surface area contributed by atoms with Gasteiger partial charge in [0.1, 0.15) is 5.56 Å². The van der Waals surface area contributed by atoms with Crippen molar-refractivity contribution < 1.29 is 14.5 Å². The molecule has 2 N–H and O–H groups in total. The molecule has 0 heterocycles. The van der Waals surface area contributed by atoms with E-state index < -0.39 is 22.4 Å². The largest absolute Gasteiger partial charge is 0.283 e. The quantitative estimate of drug-likeness (QED) is 0.641. The van der Waals surface area contributed by atoms with E-state index >= 15 is 0 Å². The Labute approximate surface area is 107 Å². The summed E-state index contributed by atoms with van der Waals surface area (Å²) in [7, 11) is 0. The van der Waals surface area contributed by atoms with Crippen molar-refractivity contribution in [3.63, 3.8) is 0 Å². The first-order chi connectivity index (χ1) is 8.45. The van der Waals surface area contributed by atoms with Gasteiger partial charge < -0.3 is 0 Å². The van der Waals surface area contributed by atoms with Crippen LogP contribution in [0.1, 0.15) is 23.7 Å². The molecule has 1 aromatic rings. The van der Waals surface area contributed by atoms with Crippen LogP contribution in [-0.2, 0) is 4.79 Å². The van der Waals surface area contributed by atoms with Crippen LogP contribution in [0.4, 0.5) is 5.69 Å². The molecule has 0 saturated heterocycles. The van der Waals surface area contributed by atoms with Crippen molar-refractivity contribution in [3.05, 3.63) is 38.9 Å². The molecule has 1 rings (SSSR count). The van der Waals surface area contributed by atoms with Gasteiger partial charge in [0, 0.05) is 17.5 Å². The Balaban J connectivity index is 2.92. The highest BCUT2D eigenvalue weighted by Gasteiger charge is 2.20. The van der Waals surface area contributed by atoms with E-state index in [9.17, 15) is 19.7 Å². The SMILES string of the molecule is CCC(=O)NNC(=O)c1ccc(Cl)cc1[N+](=O)[O-]. The molecule has 0 aromatic heterocycles. The zero-order valence-electron chi connectivity index (χ0n) is 9.40. The van der Waals surface area contributed by atoms with Gasteiger partial charge in [-0.15, -0.1) is 0 Å². The molecule has 96 valence electrons. The minimum atomic E-state index is -0.778. The Bertz CT molecular complexity index is 504. The van der Waals surface area contributed by atoms with E-state index in [1.807, 2.05) is 0 Å². The van der Waals surface area contributed by atoms with Crippen LogP contribution in [0.2, 0.25) is 5.02 Å². The summed E-state index contributed by atoms with van der Waals surface area (Å²) in [6, 6.07) is 3.64. The van der Waals surface area contributed by atoms with Crippen LogP contribution < -0.4 is 10.9 Å². The van der Waals surface area contributed by atoms with Crippen LogP contribution in [0.25, 0.3) is 0 Å². The molecule has 2 amide bonds. The molecule has 0 fully saturated rings. The van der Waals surface area contributed by atoms with Crippen molar-refractivity contribution in [1.82, 2.24) is 10.9 Å². The first kappa shape index (κ1) is 13.9. The molecule has 0 aliphatic rings. The van der Waals surface area contributed by atoms with Gasteiger partial charge in [0.05, 0.1) is 4.92 Å². The summed E-state index contributed by atoms with van der Waals surface area (Å²) in [5.41, 5.74) is 3.59. The average Bonchev–Trinajstić information content (AvgIpc) is 2.35. The number of hydrogen-bond donors (Lipinski definition) is 2. The van der Waals surface area contributed by atoms with Crippen LogP contribution >= 0.6 is 11.6 Å². The van der Waals surface area contributed by atoms with Crippen molar-refractivity contribution in [1.29, 1.82) is 0 Å². The number of hydrogen-bond acceptors (Lipinski definition) is 4. The fourth-order valence-corrected chi connectivity index (χ4v) is 1.30. The molecule has 0 atom stereocenters. The number of hydrazine groups is 1. The zero-order valence-corrected chi connectivity index (χ0v) is 10.2. The van der Waals surface area contributed by atoms with Crippen molar-refractivity contribution in [2.24, 2.45) is 0 Å². The predicted octanol–water partition coefficient (Wildman–Crippen LogP) is 1.42. The molecular formula is C10H10ClN3O4. The van der Waals surface area contributed by atoms with Crippen molar-refractivity contribution >= 4 is 29.1 Å². The molecule has 1 aromatic carbocycles. The second kappa shape index (κ2) is 5.97. The summed E-state index contributed by atoms with van der Waals surface area (Å²) in [5.74, 6) is -1.18. The van der Waals surface area contributed by atoms with Gasteiger partial charge in [-0.2, -0.15) is 0 Å². The van der Waals surface area contributed by atoms with E-state index in [-0.39, 0.29) is 17.0 Å². The van der Waals surface area contributed by atoms with Crippen LogP contribution in [0.3, 0.4) is 0 Å². The molecule has 0 aliphatic heterocycles. The Morgan fingerprint density at radius 2 is 2.06 bits per heavy atom. The number of carbonyl (C=O) groups is 2. The Hall–Kier alpha value is -2.15. The van der Waals surface area contributed by atoms with Crippen LogP contribution in [0.15, 0.2) is 18.2 Å². The van der Waals surface area contributed by atoms with Gasteiger partial charge in [0.25, 0.3) is 11.6 Å². The van der Waals surface area contributed by atoms with Gasteiger partial charge in [-0.3, -0.25) is 30.6 Å². The van der Waals surface area contributed by atoms with Gasteiger partial charge >= 0.3 is 0 Å². The smallest absolute Gasteiger partial charge is 0.273 e. The lowest BCUT2D eigenvalue weighted by Crippen LogP contribution is -2.41. The van der Waals surface area contributed by atoms with Gasteiger partial charge in [-0.25, -0.2) is 0 Å². The molecule has 0 unspecified atom stereocenters. The maximum Gasteiger partial charge on any atom is 0.283 e. The molecule has 0 spiro atoms. The van der Waals surface area contributed by atoms with Gasteiger partial charge in [-0.05, 0) is 12.1 Å². The number of nitrogens with zero attached hydrogens (tertiary/aromatic N) is 1. The van der Waals surface area contributed by atoms with Gasteiger partial charge in [0.2, 0.25) is 5.91 Å². The lowest BCUT2D eigenvalue weighted by Gasteiger charge is -2.06. The Morgan fingerprint density at radius 1 is 1.39 bits per heavy atom. The molecule has 18 heavy (non-hydrogen) atoms. The number of rotatable bonds is 3. The molecular weight excluding hydrogens is 262 g/mol. The highest BCUT2D eigenvalue weighted by atomic mass is 35.5. The second-order valence-electron chi connectivity index (χ2n) is 3.27. The number of nitro benzene ring substituents is 1. The van der Waals surface area contributed by atoms with E-state index in [0.29, 0.717) is 0 Å². The van der Waals surface area contributed by atoms with Gasteiger partial charge in [0.15, 0.2) is 0 Å². The number of halogens is 1. The first-order valence-corrected chi connectivity index (χ1v) is 5.36.